The van der Waals surface area contributed by atoms with Crippen LogP contribution in [0, 0.1) is 0 Å². The molecule has 1 saturated heterocycles. The first kappa shape index (κ1) is 18.3. The molecule has 0 aliphatic carbocycles. The minimum absolute atomic E-state index is 0.0155. The van der Waals surface area contributed by atoms with Crippen LogP contribution in [-0.4, -0.2) is 38.8 Å². The smallest absolute Gasteiger partial charge is 0.255 e. The van der Waals surface area contributed by atoms with Crippen LogP contribution >= 0.6 is 11.3 Å². The highest BCUT2D eigenvalue weighted by molar-refractivity contribution is 7.85. The van der Waals surface area contributed by atoms with Gasteiger partial charge in [-0.3, -0.25) is 9.00 Å². The molecule has 1 aliphatic heterocycles. The number of rotatable bonds is 4. The first-order valence-corrected chi connectivity index (χ1v) is 11.4. The van der Waals surface area contributed by atoms with Crippen LogP contribution in [0.4, 0.5) is 0 Å². The molecular formula is C21H22N2O2S2. The summed E-state index contributed by atoms with van der Waals surface area (Å²) in [5.74, 6) is 0.765. The predicted molar refractivity (Wildman–Crippen MR) is 111 cm³/mol. The molecule has 4 rings (SSSR count). The van der Waals surface area contributed by atoms with E-state index in [1.807, 2.05) is 48.2 Å². The van der Waals surface area contributed by atoms with Crippen molar-refractivity contribution in [2.75, 3.05) is 18.8 Å². The van der Waals surface area contributed by atoms with Crippen molar-refractivity contribution in [1.29, 1.82) is 0 Å². The summed E-state index contributed by atoms with van der Waals surface area (Å²) in [7, 11) is -1.14. The number of amides is 1. The molecule has 140 valence electrons. The number of carbonyl (C=O) groups excluding carboxylic acids is 1. The molecule has 1 fully saturated rings. The molecule has 0 spiro atoms. The van der Waals surface area contributed by atoms with Gasteiger partial charge in [-0.15, -0.1) is 11.3 Å². The minimum Gasteiger partial charge on any atom is -0.338 e. The maximum Gasteiger partial charge on any atom is 0.255 e. The van der Waals surface area contributed by atoms with Gasteiger partial charge in [0.2, 0.25) is 0 Å². The molecule has 4 nitrogen and oxygen atoms in total. The summed E-state index contributed by atoms with van der Waals surface area (Å²) < 4.78 is 13.5. The van der Waals surface area contributed by atoms with E-state index in [9.17, 15) is 9.00 Å². The summed E-state index contributed by atoms with van der Waals surface area (Å²) in [4.78, 5) is 20.5. The van der Waals surface area contributed by atoms with Gasteiger partial charge in [0.15, 0.2) is 0 Å². The molecule has 1 amide bonds. The van der Waals surface area contributed by atoms with Crippen LogP contribution in [0.1, 0.15) is 41.0 Å². The van der Waals surface area contributed by atoms with E-state index in [-0.39, 0.29) is 11.8 Å². The van der Waals surface area contributed by atoms with Crippen molar-refractivity contribution in [3.05, 3.63) is 59.1 Å². The largest absolute Gasteiger partial charge is 0.338 e. The molecule has 0 radical (unpaired) electrons. The van der Waals surface area contributed by atoms with Crippen molar-refractivity contribution >= 4 is 38.3 Å². The number of aromatic nitrogens is 1. The molecule has 27 heavy (non-hydrogen) atoms. The van der Waals surface area contributed by atoms with Gasteiger partial charge in [0.25, 0.3) is 5.91 Å². The van der Waals surface area contributed by atoms with Crippen molar-refractivity contribution in [2.24, 2.45) is 0 Å². The Morgan fingerprint density at radius 1 is 1.22 bits per heavy atom. The molecule has 0 saturated carbocycles. The second-order valence-electron chi connectivity index (χ2n) is 6.74. The Balaban J connectivity index is 1.58. The number of benzene rings is 2. The lowest BCUT2D eigenvalue weighted by Gasteiger charge is -2.32. The van der Waals surface area contributed by atoms with E-state index in [1.165, 1.54) is 4.70 Å². The Hall–Kier alpha value is -2.05. The average molecular weight is 399 g/mol. The summed E-state index contributed by atoms with van der Waals surface area (Å²) in [5, 5.41) is 1.11. The first-order valence-electron chi connectivity index (χ1n) is 9.29. The Kier molecular flexibility index (Phi) is 5.36. The third-order valence-corrected chi connectivity index (χ3v) is 7.56. The van der Waals surface area contributed by atoms with E-state index < -0.39 is 10.8 Å². The quantitative estimate of drug-likeness (QED) is 0.653. The number of hydrogen-bond acceptors (Lipinski definition) is 4. The molecule has 0 N–H and O–H groups in total. The Morgan fingerprint density at radius 3 is 2.81 bits per heavy atom. The van der Waals surface area contributed by atoms with Gasteiger partial charge >= 0.3 is 0 Å². The third-order valence-electron chi connectivity index (χ3n) is 4.99. The zero-order chi connectivity index (χ0) is 18.8. The fourth-order valence-corrected chi connectivity index (χ4v) is 5.63. The van der Waals surface area contributed by atoms with E-state index in [2.05, 4.69) is 6.07 Å². The lowest BCUT2D eigenvalue weighted by Crippen LogP contribution is -2.39. The van der Waals surface area contributed by atoms with E-state index >= 15 is 0 Å². The van der Waals surface area contributed by atoms with Gasteiger partial charge in [-0.05, 0) is 37.1 Å². The average Bonchev–Trinajstić information content (AvgIpc) is 3.17. The fourth-order valence-electron chi connectivity index (χ4n) is 3.60. The number of fused-ring (bicyclic) bond motifs is 1. The van der Waals surface area contributed by atoms with Gasteiger partial charge in [-0.1, -0.05) is 31.2 Å². The fraction of sp³-hybridized carbons (Fsp3) is 0.333. The van der Waals surface area contributed by atoms with Gasteiger partial charge in [-0.25, -0.2) is 4.98 Å². The van der Waals surface area contributed by atoms with Crippen LogP contribution in [0.15, 0.2) is 53.4 Å². The number of thiazole rings is 1. The van der Waals surface area contributed by atoms with Crippen LogP contribution in [0.5, 0.6) is 0 Å². The molecule has 1 aliphatic rings. The molecule has 2 atom stereocenters. The van der Waals surface area contributed by atoms with E-state index in [1.54, 1.807) is 17.4 Å². The Bertz CT molecular complexity index is 966. The second-order valence-corrected chi connectivity index (χ2v) is 9.51. The lowest BCUT2D eigenvalue weighted by molar-refractivity contribution is 0.0703. The number of hydrogen-bond donors (Lipinski definition) is 0. The van der Waals surface area contributed by atoms with Crippen molar-refractivity contribution in [3.8, 4) is 0 Å². The minimum atomic E-state index is -1.14. The number of likely N-dealkylation sites (tertiary alicyclic amines) is 1. The second kappa shape index (κ2) is 7.90. The Labute approximate surface area is 165 Å². The van der Waals surface area contributed by atoms with Gasteiger partial charge in [0.05, 0.1) is 36.5 Å². The number of para-hydroxylation sites is 1. The number of piperidine rings is 1. The summed E-state index contributed by atoms with van der Waals surface area (Å²) >= 11 is 1.73. The van der Waals surface area contributed by atoms with Crippen LogP contribution in [0.2, 0.25) is 0 Å². The molecule has 0 unspecified atom stereocenters. The molecule has 2 aromatic carbocycles. The first-order chi connectivity index (χ1) is 13.2. The monoisotopic (exact) mass is 398 g/mol. The highest BCUT2D eigenvalue weighted by Crippen LogP contribution is 2.33. The van der Waals surface area contributed by atoms with Gasteiger partial charge in [0.1, 0.15) is 0 Å². The zero-order valence-corrected chi connectivity index (χ0v) is 16.9. The highest BCUT2D eigenvalue weighted by Gasteiger charge is 2.29. The Morgan fingerprint density at radius 2 is 2.00 bits per heavy atom. The number of nitrogens with zero attached hydrogens (tertiary/aromatic N) is 2. The van der Waals surface area contributed by atoms with Crippen LogP contribution in [0.25, 0.3) is 10.2 Å². The molecular weight excluding hydrogens is 376 g/mol. The van der Waals surface area contributed by atoms with E-state index in [0.717, 1.165) is 29.9 Å². The van der Waals surface area contributed by atoms with Crippen LogP contribution in [-0.2, 0) is 10.8 Å². The van der Waals surface area contributed by atoms with Crippen molar-refractivity contribution < 1.29 is 9.00 Å². The molecule has 3 aromatic rings. The lowest BCUT2D eigenvalue weighted by atomic mass is 9.98. The zero-order valence-electron chi connectivity index (χ0n) is 15.3. The molecule has 2 heterocycles. The van der Waals surface area contributed by atoms with E-state index in [4.69, 9.17) is 4.98 Å². The summed E-state index contributed by atoms with van der Waals surface area (Å²) in [5.41, 5.74) is 1.60. The summed E-state index contributed by atoms with van der Waals surface area (Å²) in [6.07, 6.45) is 2.01. The van der Waals surface area contributed by atoms with Crippen molar-refractivity contribution in [2.45, 2.75) is 30.6 Å². The molecule has 0 bridgehead atoms. The highest BCUT2D eigenvalue weighted by atomic mass is 32.2. The maximum atomic E-state index is 13.2. The molecule has 1 aromatic heterocycles. The molecule has 6 heteroatoms. The van der Waals surface area contributed by atoms with Crippen molar-refractivity contribution in [3.63, 3.8) is 0 Å². The number of carbonyl (C=O) groups is 1. The predicted octanol–water partition coefficient (Wildman–Crippen LogP) is 4.44. The van der Waals surface area contributed by atoms with Gasteiger partial charge in [0, 0.05) is 24.8 Å². The van der Waals surface area contributed by atoms with Crippen molar-refractivity contribution in [1.82, 2.24) is 9.88 Å². The van der Waals surface area contributed by atoms with Crippen LogP contribution in [0.3, 0.4) is 0 Å². The normalized spacial score (nSPS) is 18.6. The summed E-state index contributed by atoms with van der Waals surface area (Å²) in [6, 6.07) is 15.5. The SMILES string of the molecule is CC[S@@](=O)c1ccccc1C(=O)N1CCC[C@H](c2nc3ccccc3s2)C1. The maximum absolute atomic E-state index is 13.2. The summed E-state index contributed by atoms with van der Waals surface area (Å²) in [6.45, 7) is 3.29. The van der Waals surface area contributed by atoms with Crippen LogP contribution < -0.4 is 0 Å². The van der Waals surface area contributed by atoms with Gasteiger partial charge < -0.3 is 4.90 Å². The van der Waals surface area contributed by atoms with Gasteiger partial charge in [-0.2, -0.15) is 0 Å². The third kappa shape index (κ3) is 3.69. The van der Waals surface area contributed by atoms with E-state index in [0.29, 0.717) is 22.8 Å². The topological polar surface area (TPSA) is 50.3 Å². The standard InChI is InChI=1S/C21H22N2O2S2/c1-2-27(25)19-12-6-3-9-16(19)21(24)23-13-7-8-15(14-23)20-22-17-10-4-5-11-18(17)26-20/h3-6,9-12,15H,2,7-8,13-14H2,1H3/t15-,27+/m0/s1.